The number of hydrogen-bond donors (Lipinski definition) is 1. The Morgan fingerprint density at radius 3 is 2.53 bits per heavy atom. The van der Waals surface area contributed by atoms with Crippen LogP contribution in [-0.2, 0) is 4.79 Å². The van der Waals surface area contributed by atoms with Gasteiger partial charge in [0.25, 0.3) is 0 Å². The molecule has 1 N–H and O–H groups in total. The Balaban J connectivity index is 1.59. The van der Waals surface area contributed by atoms with Crippen molar-refractivity contribution >= 4 is 5.91 Å². The van der Waals surface area contributed by atoms with Crippen LogP contribution in [0, 0.1) is 5.92 Å². The number of nitrogens with one attached hydrogen (secondary N) is 1. The first kappa shape index (κ1) is 12.8. The van der Waals surface area contributed by atoms with E-state index >= 15 is 0 Å². The van der Waals surface area contributed by atoms with E-state index in [1.807, 2.05) is 4.90 Å². The average Bonchev–Trinajstić information content (AvgIpc) is 3.14. The van der Waals surface area contributed by atoms with Gasteiger partial charge in [-0.05, 0) is 38.3 Å². The second-order valence-electron chi connectivity index (χ2n) is 5.30. The van der Waals surface area contributed by atoms with Gasteiger partial charge in [-0.15, -0.1) is 0 Å². The lowest BCUT2D eigenvalue weighted by Crippen LogP contribution is -2.50. The second kappa shape index (κ2) is 6.36. The van der Waals surface area contributed by atoms with Gasteiger partial charge in [0.2, 0.25) is 5.91 Å². The predicted octanol–water partition coefficient (Wildman–Crippen LogP) is 0.540. The minimum atomic E-state index is 0.279. The van der Waals surface area contributed by atoms with E-state index in [-0.39, 0.29) is 5.91 Å². The fourth-order valence-corrected chi connectivity index (χ4v) is 2.35. The van der Waals surface area contributed by atoms with Crippen molar-refractivity contribution in [2.75, 3.05) is 45.8 Å². The molecule has 0 atom stereocenters. The Hall–Kier alpha value is -0.610. The molecule has 0 radical (unpaired) electrons. The summed E-state index contributed by atoms with van der Waals surface area (Å²) < 4.78 is 0. The lowest BCUT2D eigenvalue weighted by molar-refractivity contribution is -0.131. The molecule has 1 saturated carbocycles. The third kappa shape index (κ3) is 4.28. The maximum Gasteiger partial charge on any atom is 0.236 e. The Morgan fingerprint density at radius 2 is 1.94 bits per heavy atom. The molecule has 0 spiro atoms. The number of nitrogens with zero attached hydrogens (tertiary/aromatic N) is 2. The first-order chi connectivity index (χ1) is 8.29. The van der Waals surface area contributed by atoms with Gasteiger partial charge in [0.05, 0.1) is 6.54 Å². The first-order valence-corrected chi connectivity index (χ1v) is 7.00. The minimum absolute atomic E-state index is 0.279. The quantitative estimate of drug-likeness (QED) is 0.735. The molecule has 1 aliphatic heterocycles. The summed E-state index contributed by atoms with van der Waals surface area (Å²) in [4.78, 5) is 16.4. The monoisotopic (exact) mass is 239 g/mol. The molecule has 2 rings (SSSR count). The zero-order chi connectivity index (χ0) is 12.1. The van der Waals surface area contributed by atoms with Crippen LogP contribution in [0.1, 0.15) is 26.2 Å². The first-order valence-electron chi connectivity index (χ1n) is 7.00. The molecule has 1 amide bonds. The molecule has 2 fully saturated rings. The highest BCUT2D eigenvalue weighted by atomic mass is 16.2. The Kier molecular flexibility index (Phi) is 4.80. The summed E-state index contributed by atoms with van der Waals surface area (Å²) in [5, 5.41) is 3.28. The number of amides is 1. The lowest BCUT2D eigenvalue weighted by atomic mass is 10.3. The van der Waals surface area contributed by atoms with Crippen LogP contribution in [0.25, 0.3) is 0 Å². The largest absolute Gasteiger partial charge is 0.339 e. The number of carbonyl (C=O) groups excluding carboxylic acids is 1. The highest BCUT2D eigenvalue weighted by molar-refractivity contribution is 5.78. The van der Waals surface area contributed by atoms with Crippen LogP contribution in [0.2, 0.25) is 0 Å². The topological polar surface area (TPSA) is 35.6 Å². The van der Waals surface area contributed by atoms with Gasteiger partial charge in [0.1, 0.15) is 0 Å². The summed E-state index contributed by atoms with van der Waals surface area (Å²) in [6.45, 7) is 8.84. The normalized spacial score (nSPS) is 21.8. The van der Waals surface area contributed by atoms with Gasteiger partial charge in [-0.25, -0.2) is 0 Å². The summed E-state index contributed by atoms with van der Waals surface area (Å²) in [6, 6.07) is 0. The highest BCUT2D eigenvalue weighted by Gasteiger charge is 2.23. The molecule has 4 heteroatoms. The molecule has 98 valence electrons. The van der Waals surface area contributed by atoms with Crippen molar-refractivity contribution in [2.24, 2.45) is 5.92 Å². The zero-order valence-corrected chi connectivity index (χ0v) is 11.0. The van der Waals surface area contributed by atoms with E-state index in [2.05, 4.69) is 17.1 Å². The van der Waals surface area contributed by atoms with Crippen LogP contribution in [0.3, 0.4) is 0 Å². The summed E-state index contributed by atoms with van der Waals surface area (Å²) in [6.07, 6.45) is 3.89. The van der Waals surface area contributed by atoms with Gasteiger partial charge in [0.15, 0.2) is 0 Å². The maximum atomic E-state index is 11.9. The van der Waals surface area contributed by atoms with Crippen LogP contribution in [0.5, 0.6) is 0 Å². The molecule has 0 aromatic carbocycles. The molecule has 17 heavy (non-hydrogen) atoms. The van der Waals surface area contributed by atoms with Crippen LogP contribution < -0.4 is 5.32 Å². The van der Waals surface area contributed by atoms with Crippen molar-refractivity contribution < 1.29 is 4.79 Å². The molecular formula is C13H25N3O. The molecule has 1 aliphatic carbocycles. The molecule has 4 nitrogen and oxygen atoms in total. The van der Waals surface area contributed by atoms with E-state index in [4.69, 9.17) is 0 Å². The lowest BCUT2D eigenvalue weighted by Gasteiger charge is -2.34. The smallest absolute Gasteiger partial charge is 0.236 e. The zero-order valence-electron chi connectivity index (χ0n) is 11.0. The average molecular weight is 239 g/mol. The van der Waals surface area contributed by atoms with E-state index in [9.17, 15) is 4.79 Å². The van der Waals surface area contributed by atoms with Crippen LogP contribution in [0.15, 0.2) is 0 Å². The molecular weight excluding hydrogens is 214 g/mol. The fraction of sp³-hybridized carbons (Fsp3) is 0.923. The van der Waals surface area contributed by atoms with E-state index in [0.717, 1.165) is 38.6 Å². The Labute approximate surface area is 104 Å². The number of rotatable bonds is 6. The van der Waals surface area contributed by atoms with Gasteiger partial charge < -0.3 is 10.2 Å². The van der Waals surface area contributed by atoms with Crippen molar-refractivity contribution in [3.05, 3.63) is 0 Å². The summed E-state index contributed by atoms with van der Waals surface area (Å²) in [5.74, 6) is 1.13. The molecule has 0 aromatic rings. The fourth-order valence-electron chi connectivity index (χ4n) is 2.35. The van der Waals surface area contributed by atoms with Gasteiger partial charge in [-0.2, -0.15) is 0 Å². The van der Waals surface area contributed by atoms with Crippen molar-refractivity contribution in [3.8, 4) is 0 Å². The summed E-state index contributed by atoms with van der Waals surface area (Å²) >= 11 is 0. The van der Waals surface area contributed by atoms with E-state index in [1.165, 1.54) is 25.8 Å². The highest BCUT2D eigenvalue weighted by Crippen LogP contribution is 2.27. The molecule has 0 aromatic heterocycles. The van der Waals surface area contributed by atoms with Gasteiger partial charge in [0, 0.05) is 26.2 Å². The van der Waals surface area contributed by atoms with E-state index in [0.29, 0.717) is 6.54 Å². The molecule has 1 heterocycles. The minimum Gasteiger partial charge on any atom is -0.339 e. The van der Waals surface area contributed by atoms with Crippen molar-refractivity contribution in [1.29, 1.82) is 0 Å². The number of piperazine rings is 1. The van der Waals surface area contributed by atoms with Crippen molar-refractivity contribution in [2.45, 2.75) is 26.2 Å². The molecule has 0 unspecified atom stereocenters. The van der Waals surface area contributed by atoms with Crippen LogP contribution in [0.4, 0.5) is 0 Å². The molecule has 0 bridgehead atoms. The third-order valence-corrected chi connectivity index (χ3v) is 3.67. The predicted molar refractivity (Wildman–Crippen MR) is 68.9 cm³/mol. The van der Waals surface area contributed by atoms with E-state index in [1.54, 1.807) is 0 Å². The van der Waals surface area contributed by atoms with Gasteiger partial charge >= 0.3 is 0 Å². The molecule has 2 aliphatic rings. The SMILES string of the molecule is CCCN1CCN(C(=O)CNCC2CC2)CC1. The van der Waals surface area contributed by atoms with Crippen molar-refractivity contribution in [3.63, 3.8) is 0 Å². The van der Waals surface area contributed by atoms with E-state index < -0.39 is 0 Å². The third-order valence-electron chi connectivity index (χ3n) is 3.67. The Bertz CT molecular complexity index is 245. The summed E-state index contributed by atoms with van der Waals surface area (Å²) in [5.41, 5.74) is 0. The molecule has 1 saturated heterocycles. The van der Waals surface area contributed by atoms with Crippen LogP contribution in [-0.4, -0.2) is 61.5 Å². The Morgan fingerprint density at radius 1 is 1.24 bits per heavy atom. The number of hydrogen-bond acceptors (Lipinski definition) is 3. The van der Waals surface area contributed by atoms with Crippen LogP contribution >= 0.6 is 0 Å². The maximum absolute atomic E-state index is 11.9. The second-order valence-corrected chi connectivity index (χ2v) is 5.30. The standard InChI is InChI=1S/C13H25N3O/c1-2-5-15-6-8-16(9-7-15)13(17)11-14-10-12-3-4-12/h12,14H,2-11H2,1H3. The van der Waals surface area contributed by atoms with Gasteiger partial charge in [-0.3, -0.25) is 9.69 Å². The van der Waals surface area contributed by atoms with Crippen molar-refractivity contribution in [1.82, 2.24) is 15.1 Å². The van der Waals surface area contributed by atoms with Gasteiger partial charge in [-0.1, -0.05) is 6.92 Å². The number of carbonyl (C=O) groups is 1. The summed E-state index contributed by atoms with van der Waals surface area (Å²) in [7, 11) is 0.